The van der Waals surface area contributed by atoms with Crippen LogP contribution >= 0.6 is 11.3 Å². The van der Waals surface area contributed by atoms with Gasteiger partial charge in [0, 0.05) is 18.3 Å². The molecule has 3 rings (SSSR count). The number of unbranched alkanes of at least 4 members (excludes halogenated alkanes) is 1. The number of thiophene rings is 1. The summed E-state index contributed by atoms with van der Waals surface area (Å²) in [4.78, 5) is 35.7. The molecular formula is C24H24N2O4S. The first kappa shape index (κ1) is 22.2. The molecule has 1 aromatic heterocycles. The third-order valence-electron chi connectivity index (χ3n) is 4.90. The summed E-state index contributed by atoms with van der Waals surface area (Å²) >= 11 is 1.51. The standard InChI is InChI=1S/C24H24N2O4S/c1-16-20(17-9-3-2-4-10-17)15-31-23(16)26-21(27)13-7-8-14-25-22(28)18-11-5-6-12-19(18)24(29)30/h2-6,9-12,15H,7-8,13-14H2,1H3,(H,25,28)(H,26,27)(H,29,30). The highest BCUT2D eigenvalue weighted by atomic mass is 32.1. The van der Waals surface area contributed by atoms with Crippen molar-refractivity contribution < 1.29 is 19.5 Å². The largest absolute Gasteiger partial charge is 0.478 e. The summed E-state index contributed by atoms with van der Waals surface area (Å²) in [6.45, 7) is 2.37. The van der Waals surface area contributed by atoms with E-state index in [1.807, 2.05) is 42.6 Å². The third-order valence-corrected chi connectivity index (χ3v) is 5.89. The van der Waals surface area contributed by atoms with Crippen LogP contribution in [0.2, 0.25) is 0 Å². The molecule has 7 heteroatoms. The van der Waals surface area contributed by atoms with Crippen LogP contribution in [0.5, 0.6) is 0 Å². The first-order chi connectivity index (χ1) is 15.0. The number of carbonyl (C=O) groups is 3. The van der Waals surface area contributed by atoms with Crippen LogP contribution in [0, 0.1) is 6.92 Å². The van der Waals surface area contributed by atoms with Crippen LogP contribution in [0.4, 0.5) is 5.00 Å². The molecule has 0 fully saturated rings. The van der Waals surface area contributed by atoms with Gasteiger partial charge in [0.15, 0.2) is 0 Å². The van der Waals surface area contributed by atoms with Gasteiger partial charge in [-0.1, -0.05) is 42.5 Å². The Kier molecular flexibility index (Phi) is 7.56. The summed E-state index contributed by atoms with van der Waals surface area (Å²) in [6.07, 6.45) is 1.58. The highest BCUT2D eigenvalue weighted by molar-refractivity contribution is 7.15. The zero-order valence-corrected chi connectivity index (χ0v) is 18.0. The molecule has 0 saturated carbocycles. The van der Waals surface area contributed by atoms with Gasteiger partial charge >= 0.3 is 5.97 Å². The highest BCUT2D eigenvalue weighted by Crippen LogP contribution is 2.34. The zero-order chi connectivity index (χ0) is 22.2. The Labute approximate surface area is 184 Å². The number of carboxylic acids is 1. The molecule has 0 saturated heterocycles. The molecule has 0 radical (unpaired) electrons. The van der Waals surface area contributed by atoms with Crippen molar-refractivity contribution in [3.05, 3.63) is 76.7 Å². The molecular weight excluding hydrogens is 412 g/mol. The van der Waals surface area contributed by atoms with E-state index in [9.17, 15) is 14.4 Å². The fourth-order valence-corrected chi connectivity index (χ4v) is 4.21. The van der Waals surface area contributed by atoms with Gasteiger partial charge in [0.05, 0.1) is 16.1 Å². The van der Waals surface area contributed by atoms with Crippen LogP contribution in [0.1, 0.15) is 45.5 Å². The number of carbonyl (C=O) groups excluding carboxylic acids is 2. The van der Waals surface area contributed by atoms with Crippen LogP contribution in [-0.2, 0) is 4.79 Å². The number of anilines is 1. The predicted molar refractivity (Wildman–Crippen MR) is 123 cm³/mol. The van der Waals surface area contributed by atoms with Gasteiger partial charge in [-0.15, -0.1) is 11.3 Å². The summed E-state index contributed by atoms with van der Waals surface area (Å²) in [5.41, 5.74) is 3.40. The average molecular weight is 437 g/mol. The summed E-state index contributed by atoms with van der Waals surface area (Å²) < 4.78 is 0. The lowest BCUT2D eigenvalue weighted by molar-refractivity contribution is -0.116. The second-order valence-electron chi connectivity index (χ2n) is 7.08. The lowest BCUT2D eigenvalue weighted by atomic mass is 10.1. The number of hydrogen-bond donors (Lipinski definition) is 3. The van der Waals surface area contributed by atoms with E-state index in [2.05, 4.69) is 10.6 Å². The Morgan fingerprint density at radius 1 is 0.935 bits per heavy atom. The summed E-state index contributed by atoms with van der Waals surface area (Å²) in [7, 11) is 0. The number of benzene rings is 2. The fraction of sp³-hybridized carbons (Fsp3) is 0.208. The number of rotatable bonds is 9. The normalized spacial score (nSPS) is 10.5. The van der Waals surface area contributed by atoms with E-state index in [1.165, 1.54) is 23.5 Å². The van der Waals surface area contributed by atoms with Gasteiger partial charge in [-0.2, -0.15) is 0 Å². The number of aromatic carboxylic acids is 1. The summed E-state index contributed by atoms with van der Waals surface area (Å²) in [5, 5.41) is 17.8. The maximum atomic E-state index is 12.3. The molecule has 0 aliphatic heterocycles. The zero-order valence-electron chi connectivity index (χ0n) is 17.2. The number of carboxylic acid groups (broad SMARTS) is 1. The monoisotopic (exact) mass is 436 g/mol. The lowest BCUT2D eigenvalue weighted by Gasteiger charge is -2.08. The van der Waals surface area contributed by atoms with E-state index in [1.54, 1.807) is 12.1 Å². The lowest BCUT2D eigenvalue weighted by Crippen LogP contribution is -2.26. The minimum Gasteiger partial charge on any atom is -0.478 e. The van der Waals surface area contributed by atoms with Crippen molar-refractivity contribution >= 4 is 34.1 Å². The Hall–Kier alpha value is -3.45. The average Bonchev–Trinajstić information content (AvgIpc) is 3.13. The molecule has 1 heterocycles. The molecule has 2 aromatic carbocycles. The number of amides is 2. The van der Waals surface area contributed by atoms with Crippen molar-refractivity contribution in [3.63, 3.8) is 0 Å². The first-order valence-electron chi connectivity index (χ1n) is 10.0. The van der Waals surface area contributed by atoms with Crippen molar-refractivity contribution in [2.45, 2.75) is 26.2 Å². The Morgan fingerprint density at radius 2 is 1.61 bits per heavy atom. The Morgan fingerprint density at radius 3 is 2.32 bits per heavy atom. The van der Waals surface area contributed by atoms with Gasteiger partial charge in [-0.05, 0) is 48.6 Å². The van der Waals surface area contributed by atoms with Crippen molar-refractivity contribution in [2.24, 2.45) is 0 Å². The number of hydrogen-bond acceptors (Lipinski definition) is 4. The summed E-state index contributed by atoms with van der Waals surface area (Å²) in [6, 6.07) is 16.1. The van der Waals surface area contributed by atoms with Gasteiger partial charge in [-0.3, -0.25) is 9.59 Å². The van der Waals surface area contributed by atoms with Gasteiger partial charge < -0.3 is 15.7 Å². The maximum absolute atomic E-state index is 12.3. The minimum atomic E-state index is -1.14. The molecule has 0 aliphatic carbocycles. The molecule has 3 N–H and O–H groups in total. The Balaban J connectivity index is 1.43. The molecule has 0 aliphatic rings. The van der Waals surface area contributed by atoms with E-state index in [0.29, 0.717) is 25.8 Å². The van der Waals surface area contributed by atoms with E-state index in [4.69, 9.17) is 5.11 Å². The van der Waals surface area contributed by atoms with Crippen LogP contribution in [0.25, 0.3) is 11.1 Å². The number of nitrogens with one attached hydrogen (secondary N) is 2. The molecule has 3 aromatic rings. The fourth-order valence-electron chi connectivity index (χ4n) is 3.21. The summed E-state index contributed by atoms with van der Waals surface area (Å²) in [5.74, 6) is -1.63. The van der Waals surface area contributed by atoms with E-state index in [-0.39, 0.29) is 17.0 Å². The molecule has 31 heavy (non-hydrogen) atoms. The molecule has 0 bridgehead atoms. The highest BCUT2D eigenvalue weighted by Gasteiger charge is 2.15. The van der Waals surface area contributed by atoms with Crippen LogP contribution in [0.15, 0.2) is 60.0 Å². The third kappa shape index (κ3) is 5.79. The van der Waals surface area contributed by atoms with Crippen molar-refractivity contribution in [2.75, 3.05) is 11.9 Å². The van der Waals surface area contributed by atoms with Crippen LogP contribution < -0.4 is 10.6 Å². The van der Waals surface area contributed by atoms with Gasteiger partial charge in [-0.25, -0.2) is 4.79 Å². The maximum Gasteiger partial charge on any atom is 0.336 e. The van der Waals surface area contributed by atoms with Crippen LogP contribution in [-0.4, -0.2) is 29.4 Å². The first-order valence-corrected chi connectivity index (χ1v) is 10.9. The van der Waals surface area contributed by atoms with E-state index < -0.39 is 11.9 Å². The van der Waals surface area contributed by atoms with Crippen molar-refractivity contribution in [3.8, 4) is 11.1 Å². The minimum absolute atomic E-state index is 0.0273. The van der Waals surface area contributed by atoms with Gasteiger partial charge in [0.2, 0.25) is 5.91 Å². The molecule has 6 nitrogen and oxygen atoms in total. The second-order valence-corrected chi connectivity index (χ2v) is 7.96. The molecule has 0 unspecified atom stereocenters. The van der Waals surface area contributed by atoms with Gasteiger partial charge in [0.25, 0.3) is 5.91 Å². The van der Waals surface area contributed by atoms with E-state index >= 15 is 0 Å². The van der Waals surface area contributed by atoms with Crippen molar-refractivity contribution in [1.82, 2.24) is 5.32 Å². The quantitative estimate of drug-likeness (QED) is 0.413. The SMILES string of the molecule is Cc1c(-c2ccccc2)csc1NC(=O)CCCCNC(=O)c1ccccc1C(=O)O. The topological polar surface area (TPSA) is 95.5 Å². The predicted octanol–water partition coefficient (Wildman–Crippen LogP) is 4.96. The molecule has 2 amide bonds. The van der Waals surface area contributed by atoms with Crippen LogP contribution in [0.3, 0.4) is 0 Å². The van der Waals surface area contributed by atoms with E-state index in [0.717, 1.165) is 21.7 Å². The molecule has 0 spiro atoms. The molecule has 160 valence electrons. The second kappa shape index (κ2) is 10.5. The molecule has 0 atom stereocenters. The van der Waals surface area contributed by atoms with Crippen molar-refractivity contribution in [1.29, 1.82) is 0 Å². The Bertz CT molecular complexity index is 1080. The van der Waals surface area contributed by atoms with Gasteiger partial charge in [0.1, 0.15) is 0 Å². The smallest absolute Gasteiger partial charge is 0.336 e.